The Hall–Kier alpha value is -1.99. The summed E-state index contributed by atoms with van der Waals surface area (Å²) in [6, 6.07) is 5.57. The number of carbonyl (C=O) groups excluding carboxylic acids is 1. The molecule has 3 heterocycles. The number of amides is 1. The predicted octanol–water partition coefficient (Wildman–Crippen LogP) is 1.82. The van der Waals surface area contributed by atoms with Crippen LogP contribution < -0.4 is 5.56 Å². The summed E-state index contributed by atoms with van der Waals surface area (Å²) in [4.78, 5) is 33.0. The van der Waals surface area contributed by atoms with Crippen molar-refractivity contribution in [2.75, 3.05) is 20.1 Å². The Morgan fingerprint density at radius 1 is 1.38 bits per heavy atom. The number of carbonyl (C=O) groups is 1. The van der Waals surface area contributed by atoms with Gasteiger partial charge in [0.1, 0.15) is 11.6 Å². The molecule has 138 valence electrons. The van der Waals surface area contributed by atoms with Crippen molar-refractivity contribution < 1.29 is 4.79 Å². The van der Waals surface area contributed by atoms with Gasteiger partial charge in [-0.1, -0.05) is 6.07 Å². The molecule has 0 bridgehead atoms. The molecule has 26 heavy (non-hydrogen) atoms. The molecule has 1 aliphatic heterocycles. The number of likely N-dealkylation sites (tertiary alicyclic amines) is 1. The van der Waals surface area contributed by atoms with E-state index in [1.54, 1.807) is 29.7 Å². The molecule has 1 spiro atoms. The van der Waals surface area contributed by atoms with Gasteiger partial charge in [0.25, 0.3) is 5.56 Å². The molecule has 4 rings (SSSR count). The number of aromatic nitrogens is 2. The highest BCUT2D eigenvalue weighted by Gasteiger charge is 2.56. The molecule has 0 N–H and O–H groups in total. The average molecular weight is 372 g/mol. The van der Waals surface area contributed by atoms with Crippen LogP contribution in [0.5, 0.6) is 0 Å². The Morgan fingerprint density at radius 2 is 2.19 bits per heavy atom. The first-order chi connectivity index (χ1) is 12.6. The van der Waals surface area contributed by atoms with Gasteiger partial charge >= 0.3 is 0 Å². The normalized spacial score (nSPS) is 21.3. The lowest BCUT2D eigenvalue weighted by Gasteiger charge is -2.34. The second-order valence-corrected chi connectivity index (χ2v) is 8.45. The van der Waals surface area contributed by atoms with E-state index in [-0.39, 0.29) is 18.0 Å². The average Bonchev–Trinajstić information content (AvgIpc) is 3.09. The van der Waals surface area contributed by atoms with Gasteiger partial charge in [0.05, 0.1) is 6.54 Å². The number of piperidine rings is 1. The molecule has 1 saturated carbocycles. The van der Waals surface area contributed by atoms with Crippen LogP contribution in [0.2, 0.25) is 0 Å². The quantitative estimate of drug-likeness (QED) is 0.803. The monoisotopic (exact) mass is 372 g/mol. The zero-order valence-electron chi connectivity index (χ0n) is 15.0. The second kappa shape index (κ2) is 6.96. The zero-order valence-corrected chi connectivity index (χ0v) is 15.8. The summed E-state index contributed by atoms with van der Waals surface area (Å²) in [5.74, 6) is 0.0430. The smallest absolute Gasteiger partial charge is 0.250 e. The SMILES string of the molecule is CN(Cc1nccs1)C1CC12CCN(C(=O)Cn1ccccc1=O)CC2. The molecule has 1 aliphatic carbocycles. The molecule has 0 radical (unpaired) electrons. The van der Waals surface area contributed by atoms with Gasteiger partial charge in [0.2, 0.25) is 5.91 Å². The van der Waals surface area contributed by atoms with E-state index >= 15 is 0 Å². The minimum Gasteiger partial charge on any atom is -0.341 e. The standard InChI is InChI=1S/C19H24N4O2S/c1-21(13-16-20-7-11-26-16)15-12-19(15)5-9-22(10-6-19)18(25)14-23-8-3-2-4-17(23)24/h2-4,7-8,11,15H,5-6,9-10,12-14H2,1H3. The first kappa shape index (κ1) is 17.4. The van der Waals surface area contributed by atoms with Gasteiger partial charge in [-0.3, -0.25) is 14.5 Å². The van der Waals surface area contributed by atoms with Crippen LogP contribution in [0.25, 0.3) is 0 Å². The van der Waals surface area contributed by atoms with Crippen LogP contribution >= 0.6 is 11.3 Å². The van der Waals surface area contributed by atoms with E-state index in [0.29, 0.717) is 11.5 Å². The van der Waals surface area contributed by atoms with Gasteiger partial charge in [-0.2, -0.15) is 0 Å². The molecule has 2 fully saturated rings. The van der Waals surface area contributed by atoms with Crippen molar-refractivity contribution in [3.05, 3.63) is 51.3 Å². The van der Waals surface area contributed by atoms with Gasteiger partial charge in [0, 0.05) is 43.0 Å². The van der Waals surface area contributed by atoms with Gasteiger partial charge in [-0.25, -0.2) is 4.98 Å². The lowest BCUT2D eigenvalue weighted by molar-refractivity contribution is -0.133. The molecule has 6 nitrogen and oxygen atoms in total. The molecule has 2 aromatic heterocycles. The summed E-state index contributed by atoms with van der Waals surface area (Å²) in [5, 5.41) is 3.18. The Kier molecular flexibility index (Phi) is 4.67. The maximum absolute atomic E-state index is 12.5. The fraction of sp³-hybridized carbons (Fsp3) is 0.526. The van der Waals surface area contributed by atoms with Gasteiger partial charge < -0.3 is 9.47 Å². The van der Waals surface area contributed by atoms with Gasteiger partial charge in [0.15, 0.2) is 0 Å². The highest BCUT2D eigenvalue weighted by Crippen LogP contribution is 2.56. The van der Waals surface area contributed by atoms with E-state index < -0.39 is 0 Å². The minimum atomic E-state index is -0.125. The number of nitrogens with zero attached hydrogens (tertiary/aromatic N) is 4. The van der Waals surface area contributed by atoms with Crippen LogP contribution in [0.4, 0.5) is 0 Å². The summed E-state index contributed by atoms with van der Waals surface area (Å²) in [7, 11) is 2.18. The van der Waals surface area contributed by atoms with E-state index in [9.17, 15) is 9.59 Å². The predicted molar refractivity (Wildman–Crippen MR) is 101 cm³/mol. The van der Waals surface area contributed by atoms with E-state index in [1.165, 1.54) is 17.1 Å². The van der Waals surface area contributed by atoms with Crippen LogP contribution in [0.1, 0.15) is 24.3 Å². The maximum atomic E-state index is 12.5. The molecule has 1 amide bonds. The first-order valence-corrected chi connectivity index (χ1v) is 9.97. The van der Waals surface area contributed by atoms with Crippen LogP contribution in [0.3, 0.4) is 0 Å². The summed E-state index contributed by atoms with van der Waals surface area (Å²) in [6.45, 7) is 2.63. The molecule has 0 aromatic carbocycles. The van der Waals surface area contributed by atoms with Crippen molar-refractivity contribution >= 4 is 17.2 Å². The summed E-state index contributed by atoms with van der Waals surface area (Å²) < 4.78 is 1.48. The van der Waals surface area contributed by atoms with Gasteiger partial charge in [-0.05, 0) is 37.8 Å². The molecule has 1 saturated heterocycles. The van der Waals surface area contributed by atoms with E-state index in [0.717, 1.165) is 37.5 Å². The van der Waals surface area contributed by atoms with Crippen LogP contribution in [-0.4, -0.2) is 51.4 Å². The first-order valence-electron chi connectivity index (χ1n) is 9.09. The Morgan fingerprint density at radius 3 is 2.88 bits per heavy atom. The number of thiazole rings is 1. The molecular formula is C19H24N4O2S. The molecule has 2 aromatic rings. The zero-order chi connectivity index (χ0) is 18.1. The fourth-order valence-corrected chi connectivity index (χ4v) is 4.86. The molecule has 7 heteroatoms. The molecular weight excluding hydrogens is 348 g/mol. The van der Waals surface area contributed by atoms with Crippen molar-refractivity contribution in [3.8, 4) is 0 Å². The van der Waals surface area contributed by atoms with E-state index in [1.807, 2.05) is 16.5 Å². The van der Waals surface area contributed by atoms with Crippen molar-refractivity contribution in [1.82, 2.24) is 19.4 Å². The summed E-state index contributed by atoms with van der Waals surface area (Å²) in [5.41, 5.74) is 0.243. The van der Waals surface area contributed by atoms with E-state index in [2.05, 4.69) is 16.9 Å². The Bertz CT molecular complexity index is 824. The van der Waals surface area contributed by atoms with Crippen LogP contribution in [0, 0.1) is 5.41 Å². The Balaban J connectivity index is 1.30. The molecule has 1 atom stereocenters. The second-order valence-electron chi connectivity index (χ2n) is 7.47. The highest BCUT2D eigenvalue weighted by molar-refractivity contribution is 7.09. The number of hydrogen-bond donors (Lipinski definition) is 0. The fourth-order valence-electron chi connectivity index (χ4n) is 4.18. The minimum absolute atomic E-state index is 0.0430. The number of rotatable bonds is 5. The van der Waals surface area contributed by atoms with Crippen molar-refractivity contribution in [3.63, 3.8) is 0 Å². The van der Waals surface area contributed by atoms with Crippen molar-refractivity contribution in [2.24, 2.45) is 5.41 Å². The lowest BCUT2D eigenvalue weighted by atomic mass is 9.92. The number of pyridine rings is 1. The molecule has 2 aliphatic rings. The third kappa shape index (κ3) is 3.46. The van der Waals surface area contributed by atoms with Crippen molar-refractivity contribution in [2.45, 2.75) is 38.4 Å². The lowest BCUT2D eigenvalue weighted by Crippen LogP contribution is -2.43. The maximum Gasteiger partial charge on any atom is 0.250 e. The Labute approximate surface area is 157 Å². The topological polar surface area (TPSA) is 58.4 Å². The van der Waals surface area contributed by atoms with Crippen molar-refractivity contribution in [1.29, 1.82) is 0 Å². The molecule has 1 unspecified atom stereocenters. The largest absolute Gasteiger partial charge is 0.341 e. The summed E-state index contributed by atoms with van der Waals surface area (Å²) >= 11 is 1.70. The van der Waals surface area contributed by atoms with Crippen LogP contribution in [-0.2, 0) is 17.9 Å². The van der Waals surface area contributed by atoms with E-state index in [4.69, 9.17) is 0 Å². The summed E-state index contributed by atoms with van der Waals surface area (Å²) in [6.07, 6.45) is 6.86. The third-order valence-electron chi connectivity index (χ3n) is 5.86. The third-order valence-corrected chi connectivity index (χ3v) is 6.63. The highest BCUT2D eigenvalue weighted by atomic mass is 32.1. The van der Waals surface area contributed by atoms with Gasteiger partial charge in [-0.15, -0.1) is 11.3 Å². The van der Waals surface area contributed by atoms with Crippen LogP contribution in [0.15, 0.2) is 40.8 Å². The number of hydrogen-bond acceptors (Lipinski definition) is 5.